The molecule has 1 N–H and O–H groups in total. The number of aliphatic imine (C=N–C) groups is 1. The first-order chi connectivity index (χ1) is 14.6. The zero-order valence-electron chi connectivity index (χ0n) is 15.6. The highest BCUT2D eigenvalue weighted by Gasteiger charge is 2.24. The normalized spacial score (nSPS) is 16.1. The van der Waals surface area contributed by atoms with E-state index >= 15 is 0 Å². The summed E-state index contributed by atoms with van der Waals surface area (Å²) in [6, 6.07) is 22.7. The highest BCUT2D eigenvalue weighted by Crippen LogP contribution is 2.31. The van der Waals surface area contributed by atoms with E-state index in [2.05, 4.69) is 26.2 Å². The van der Waals surface area contributed by atoms with Gasteiger partial charge in [0.15, 0.2) is 5.17 Å². The van der Waals surface area contributed by atoms with Crippen LogP contribution in [-0.2, 0) is 11.4 Å². The summed E-state index contributed by atoms with van der Waals surface area (Å²) in [5, 5.41) is 3.97. The molecule has 0 aliphatic carbocycles. The summed E-state index contributed by atoms with van der Waals surface area (Å²) < 4.78 is 7.02. The summed E-state index contributed by atoms with van der Waals surface area (Å²) in [6.07, 6.45) is 1.82. The first-order valence-corrected chi connectivity index (χ1v) is 11.1. The molecule has 4 rings (SSSR count). The minimum atomic E-state index is -0.185. The Bertz CT molecular complexity index is 1130. The van der Waals surface area contributed by atoms with Gasteiger partial charge in [-0.1, -0.05) is 57.9 Å². The quantitative estimate of drug-likeness (QED) is 0.404. The topological polar surface area (TPSA) is 50.7 Å². The summed E-state index contributed by atoms with van der Waals surface area (Å²) in [6.45, 7) is 0.441. The minimum absolute atomic E-state index is 0.185. The van der Waals surface area contributed by atoms with Gasteiger partial charge in [-0.25, -0.2) is 4.99 Å². The molecule has 0 aromatic heterocycles. The Morgan fingerprint density at radius 2 is 1.77 bits per heavy atom. The molecule has 0 saturated carbocycles. The number of benzene rings is 3. The first kappa shape index (κ1) is 20.7. The predicted molar refractivity (Wildman–Crippen MR) is 127 cm³/mol. The van der Waals surface area contributed by atoms with Crippen molar-refractivity contribution in [2.45, 2.75) is 6.61 Å². The third kappa shape index (κ3) is 5.33. The Labute approximate surface area is 192 Å². The van der Waals surface area contributed by atoms with E-state index in [0.717, 1.165) is 21.3 Å². The van der Waals surface area contributed by atoms with Gasteiger partial charge in [0, 0.05) is 15.1 Å². The van der Waals surface area contributed by atoms with E-state index in [1.807, 2.05) is 54.6 Å². The van der Waals surface area contributed by atoms with Gasteiger partial charge in [-0.05, 0) is 65.9 Å². The smallest absolute Gasteiger partial charge is 0.264 e. The van der Waals surface area contributed by atoms with Crippen molar-refractivity contribution in [1.82, 2.24) is 5.32 Å². The summed E-state index contributed by atoms with van der Waals surface area (Å²) in [5.41, 5.74) is 2.62. The zero-order valence-corrected chi connectivity index (χ0v) is 18.8. The molecule has 3 aromatic carbocycles. The molecule has 150 valence electrons. The van der Waals surface area contributed by atoms with Crippen molar-refractivity contribution in [3.05, 3.63) is 98.3 Å². The maximum atomic E-state index is 12.4. The number of carbonyl (C=O) groups excluding carboxylic acids is 1. The van der Waals surface area contributed by atoms with Crippen LogP contribution in [0.1, 0.15) is 11.1 Å². The number of thioether (sulfide) groups is 1. The Morgan fingerprint density at radius 1 is 1.03 bits per heavy atom. The van der Waals surface area contributed by atoms with E-state index < -0.39 is 0 Å². The summed E-state index contributed by atoms with van der Waals surface area (Å²) in [7, 11) is 0. The van der Waals surface area contributed by atoms with Crippen molar-refractivity contribution >= 4 is 62.1 Å². The summed E-state index contributed by atoms with van der Waals surface area (Å²) in [4.78, 5) is 17.4. The predicted octanol–water partition coefficient (Wildman–Crippen LogP) is 6.57. The van der Waals surface area contributed by atoms with Gasteiger partial charge in [-0.3, -0.25) is 4.79 Å². The highest BCUT2D eigenvalue weighted by atomic mass is 79.9. The van der Waals surface area contributed by atoms with E-state index in [1.54, 1.807) is 24.3 Å². The van der Waals surface area contributed by atoms with Crippen molar-refractivity contribution in [1.29, 1.82) is 0 Å². The maximum Gasteiger partial charge on any atom is 0.264 e. The number of nitrogens with zero attached hydrogens (tertiary/aromatic N) is 1. The molecule has 1 heterocycles. The number of hydrogen-bond acceptors (Lipinski definition) is 4. The molecule has 0 atom stereocenters. The molecular formula is C23H16BrClN2O2S. The van der Waals surface area contributed by atoms with Crippen LogP contribution in [-0.4, -0.2) is 11.1 Å². The van der Waals surface area contributed by atoms with E-state index in [4.69, 9.17) is 16.3 Å². The lowest BCUT2D eigenvalue weighted by molar-refractivity contribution is -0.115. The van der Waals surface area contributed by atoms with Crippen LogP contribution in [0.25, 0.3) is 6.08 Å². The van der Waals surface area contributed by atoms with E-state index in [0.29, 0.717) is 27.5 Å². The largest absolute Gasteiger partial charge is 0.488 e. The third-order valence-corrected chi connectivity index (χ3v) is 5.91. The Kier molecular flexibility index (Phi) is 6.57. The van der Waals surface area contributed by atoms with Gasteiger partial charge in [0.1, 0.15) is 12.4 Å². The fourth-order valence-corrected chi connectivity index (χ4v) is 3.95. The average molecular weight is 500 g/mol. The molecule has 0 spiro atoms. The van der Waals surface area contributed by atoms with Gasteiger partial charge < -0.3 is 10.1 Å². The minimum Gasteiger partial charge on any atom is -0.488 e. The van der Waals surface area contributed by atoms with Gasteiger partial charge in [0.05, 0.1) is 10.6 Å². The number of amides is 1. The molecule has 1 amide bonds. The molecule has 3 aromatic rings. The van der Waals surface area contributed by atoms with Gasteiger partial charge >= 0.3 is 0 Å². The number of ether oxygens (including phenoxy) is 1. The van der Waals surface area contributed by atoms with Gasteiger partial charge in [-0.2, -0.15) is 0 Å². The van der Waals surface area contributed by atoms with Crippen LogP contribution in [0.2, 0.25) is 5.02 Å². The Morgan fingerprint density at radius 3 is 2.53 bits per heavy atom. The lowest BCUT2D eigenvalue weighted by Crippen LogP contribution is -2.19. The molecule has 1 aliphatic rings. The van der Waals surface area contributed by atoms with Crippen molar-refractivity contribution < 1.29 is 9.53 Å². The first-order valence-electron chi connectivity index (χ1n) is 9.08. The molecule has 1 saturated heterocycles. The maximum absolute atomic E-state index is 12.4. The molecule has 0 bridgehead atoms. The van der Waals surface area contributed by atoms with E-state index in [1.165, 1.54) is 11.8 Å². The van der Waals surface area contributed by atoms with Crippen LogP contribution >= 0.6 is 39.3 Å². The lowest BCUT2D eigenvalue weighted by atomic mass is 10.2. The van der Waals surface area contributed by atoms with Crippen molar-refractivity contribution in [2.24, 2.45) is 4.99 Å². The second-order valence-corrected chi connectivity index (χ2v) is 8.79. The van der Waals surface area contributed by atoms with Gasteiger partial charge in [0.25, 0.3) is 5.91 Å². The molecular weight excluding hydrogens is 484 g/mol. The Hall–Kier alpha value is -2.54. The fourth-order valence-electron chi connectivity index (χ4n) is 2.73. The standard InChI is InChI=1S/C23H16BrClN2O2S/c24-17-7-5-15(6-8-17)14-29-20-4-2-1-3-16(20)13-21-22(28)27-23(30-21)26-19-11-9-18(25)10-12-19/h1-13H,14H2,(H,26,27,28)/b21-13-. The lowest BCUT2D eigenvalue weighted by Gasteiger charge is -2.09. The van der Waals surface area contributed by atoms with Crippen LogP contribution in [0.15, 0.2) is 87.2 Å². The van der Waals surface area contributed by atoms with Crippen LogP contribution in [0.3, 0.4) is 0 Å². The number of hydrogen-bond donors (Lipinski definition) is 1. The van der Waals surface area contributed by atoms with E-state index in [-0.39, 0.29) is 5.91 Å². The second-order valence-electron chi connectivity index (χ2n) is 6.41. The number of para-hydroxylation sites is 1. The monoisotopic (exact) mass is 498 g/mol. The number of nitrogens with one attached hydrogen (secondary N) is 1. The zero-order chi connectivity index (χ0) is 20.9. The van der Waals surface area contributed by atoms with E-state index in [9.17, 15) is 4.79 Å². The van der Waals surface area contributed by atoms with Crippen LogP contribution in [0.5, 0.6) is 5.75 Å². The van der Waals surface area contributed by atoms with Gasteiger partial charge in [0.2, 0.25) is 0 Å². The molecule has 30 heavy (non-hydrogen) atoms. The fraction of sp³-hybridized carbons (Fsp3) is 0.0435. The van der Waals surface area contributed by atoms with Crippen molar-refractivity contribution in [2.75, 3.05) is 0 Å². The SMILES string of the molecule is O=C1NC(=Nc2ccc(Cl)cc2)S/C1=C\c1ccccc1OCc1ccc(Br)cc1. The number of rotatable bonds is 5. The molecule has 4 nitrogen and oxygen atoms in total. The number of amidine groups is 1. The average Bonchev–Trinajstić information content (AvgIpc) is 3.09. The molecule has 7 heteroatoms. The second kappa shape index (κ2) is 9.51. The van der Waals surface area contributed by atoms with Crippen LogP contribution in [0.4, 0.5) is 5.69 Å². The Balaban J connectivity index is 1.51. The van der Waals surface area contributed by atoms with Crippen LogP contribution in [0, 0.1) is 0 Å². The molecule has 0 radical (unpaired) electrons. The summed E-state index contributed by atoms with van der Waals surface area (Å²) >= 11 is 10.6. The highest BCUT2D eigenvalue weighted by molar-refractivity contribution is 9.10. The van der Waals surface area contributed by atoms with Crippen LogP contribution < -0.4 is 10.1 Å². The number of halogens is 2. The molecule has 1 fully saturated rings. The van der Waals surface area contributed by atoms with Crippen molar-refractivity contribution in [3.63, 3.8) is 0 Å². The number of carbonyl (C=O) groups is 1. The van der Waals surface area contributed by atoms with Gasteiger partial charge in [-0.15, -0.1) is 0 Å². The molecule has 0 unspecified atom stereocenters. The third-order valence-electron chi connectivity index (χ3n) is 4.22. The molecule has 1 aliphatic heterocycles. The summed E-state index contributed by atoms with van der Waals surface area (Å²) in [5.74, 6) is 0.528. The van der Waals surface area contributed by atoms with Crippen molar-refractivity contribution in [3.8, 4) is 5.75 Å².